The Bertz CT molecular complexity index is 1000. The SMILES string of the molecule is CC\C=C/C=C\C=C/CCCCCCCC(=O)OCC(COC(=O)CCC/C=C\CCCCCC)OC(=O)CCCCC/C=C\C=C/CCCC. The van der Waals surface area contributed by atoms with Crippen LogP contribution in [0.15, 0.2) is 72.9 Å². The third kappa shape index (κ3) is 37.9. The number of hydrogen-bond acceptors (Lipinski definition) is 6. The molecular weight excluding hydrogens is 636 g/mol. The smallest absolute Gasteiger partial charge is 0.306 e. The molecule has 0 fully saturated rings. The van der Waals surface area contributed by atoms with Crippen molar-refractivity contribution >= 4 is 17.9 Å². The predicted octanol–water partition coefficient (Wildman–Crippen LogP) is 12.7. The Labute approximate surface area is 312 Å². The fraction of sp³-hybridized carbons (Fsp3) is 0.667. The number of unbranched alkanes of at least 4 members (excludes halogenated alkanes) is 15. The molecule has 0 saturated carbocycles. The first-order valence-electron chi connectivity index (χ1n) is 20.5. The zero-order valence-corrected chi connectivity index (χ0v) is 32.8. The van der Waals surface area contributed by atoms with Crippen molar-refractivity contribution in [3.8, 4) is 0 Å². The lowest BCUT2D eigenvalue weighted by Gasteiger charge is -2.18. The van der Waals surface area contributed by atoms with E-state index in [-0.39, 0.29) is 37.5 Å². The molecular formula is C45H74O6. The fourth-order valence-corrected chi connectivity index (χ4v) is 5.13. The molecule has 0 aliphatic rings. The van der Waals surface area contributed by atoms with Crippen LogP contribution in [-0.2, 0) is 28.6 Å². The number of allylic oxidation sites excluding steroid dienone is 12. The number of hydrogen-bond donors (Lipinski definition) is 0. The molecule has 6 heteroatoms. The molecule has 0 aliphatic heterocycles. The maximum atomic E-state index is 12.6. The molecule has 0 saturated heterocycles. The maximum absolute atomic E-state index is 12.6. The van der Waals surface area contributed by atoms with Crippen LogP contribution in [0.25, 0.3) is 0 Å². The molecule has 0 aromatic carbocycles. The second-order valence-electron chi connectivity index (χ2n) is 13.2. The molecule has 0 heterocycles. The highest BCUT2D eigenvalue weighted by atomic mass is 16.6. The molecule has 0 spiro atoms. The Kier molecular flexibility index (Phi) is 37.2. The summed E-state index contributed by atoms with van der Waals surface area (Å²) in [6, 6.07) is 0. The van der Waals surface area contributed by atoms with Crippen LogP contribution in [0.2, 0.25) is 0 Å². The molecule has 6 nitrogen and oxygen atoms in total. The van der Waals surface area contributed by atoms with Gasteiger partial charge in [-0.15, -0.1) is 0 Å². The quantitative estimate of drug-likeness (QED) is 0.0214. The lowest BCUT2D eigenvalue weighted by atomic mass is 10.1. The van der Waals surface area contributed by atoms with E-state index in [0.717, 1.165) is 89.9 Å². The van der Waals surface area contributed by atoms with Crippen LogP contribution in [0, 0.1) is 0 Å². The summed E-state index contributed by atoms with van der Waals surface area (Å²) in [5, 5.41) is 0. The molecule has 0 bridgehead atoms. The highest BCUT2D eigenvalue weighted by molar-refractivity contribution is 5.71. The molecule has 0 aliphatic carbocycles. The minimum Gasteiger partial charge on any atom is -0.462 e. The first-order chi connectivity index (χ1) is 25.0. The molecule has 0 aromatic heterocycles. The Morgan fingerprint density at radius 1 is 0.412 bits per heavy atom. The Hall–Kier alpha value is -3.15. The summed E-state index contributed by atoms with van der Waals surface area (Å²) in [4.78, 5) is 37.5. The minimum absolute atomic E-state index is 0.107. The van der Waals surface area contributed by atoms with Crippen molar-refractivity contribution in [1.29, 1.82) is 0 Å². The fourth-order valence-electron chi connectivity index (χ4n) is 5.13. The number of esters is 3. The summed E-state index contributed by atoms with van der Waals surface area (Å²) in [7, 11) is 0. The van der Waals surface area contributed by atoms with Gasteiger partial charge < -0.3 is 14.2 Å². The molecule has 290 valence electrons. The van der Waals surface area contributed by atoms with Crippen molar-refractivity contribution in [3.05, 3.63) is 72.9 Å². The summed E-state index contributed by atoms with van der Waals surface area (Å²) in [5.41, 5.74) is 0. The lowest BCUT2D eigenvalue weighted by molar-refractivity contribution is -0.167. The van der Waals surface area contributed by atoms with E-state index in [9.17, 15) is 14.4 Å². The van der Waals surface area contributed by atoms with Gasteiger partial charge in [-0.25, -0.2) is 0 Å². The molecule has 0 aromatic rings. The van der Waals surface area contributed by atoms with E-state index < -0.39 is 6.10 Å². The second-order valence-corrected chi connectivity index (χ2v) is 13.2. The summed E-state index contributed by atoms with van der Waals surface area (Å²) in [6.07, 6.45) is 47.5. The molecule has 1 atom stereocenters. The Balaban J connectivity index is 4.49. The highest BCUT2D eigenvalue weighted by Gasteiger charge is 2.19. The van der Waals surface area contributed by atoms with Gasteiger partial charge in [-0.1, -0.05) is 151 Å². The zero-order chi connectivity index (χ0) is 37.3. The van der Waals surface area contributed by atoms with Crippen molar-refractivity contribution in [2.75, 3.05) is 13.2 Å². The van der Waals surface area contributed by atoms with Gasteiger partial charge in [0.15, 0.2) is 6.10 Å². The van der Waals surface area contributed by atoms with Gasteiger partial charge >= 0.3 is 17.9 Å². The average molecular weight is 711 g/mol. The molecule has 0 N–H and O–H groups in total. The number of ether oxygens (including phenoxy) is 3. The van der Waals surface area contributed by atoms with Crippen LogP contribution in [-0.4, -0.2) is 37.2 Å². The van der Waals surface area contributed by atoms with Gasteiger partial charge in [0, 0.05) is 19.3 Å². The molecule has 0 radical (unpaired) electrons. The topological polar surface area (TPSA) is 78.9 Å². The van der Waals surface area contributed by atoms with Crippen LogP contribution >= 0.6 is 0 Å². The van der Waals surface area contributed by atoms with E-state index in [2.05, 4.69) is 87.6 Å². The van der Waals surface area contributed by atoms with Crippen molar-refractivity contribution < 1.29 is 28.6 Å². The van der Waals surface area contributed by atoms with Crippen LogP contribution in [0.5, 0.6) is 0 Å². The summed E-state index contributed by atoms with van der Waals surface area (Å²) >= 11 is 0. The minimum atomic E-state index is -0.804. The number of carbonyl (C=O) groups excluding carboxylic acids is 3. The van der Waals surface area contributed by atoms with E-state index in [4.69, 9.17) is 14.2 Å². The highest BCUT2D eigenvalue weighted by Crippen LogP contribution is 2.11. The second kappa shape index (κ2) is 39.6. The van der Waals surface area contributed by atoms with Gasteiger partial charge in [-0.2, -0.15) is 0 Å². The van der Waals surface area contributed by atoms with Gasteiger partial charge in [0.1, 0.15) is 13.2 Å². The maximum Gasteiger partial charge on any atom is 0.306 e. The number of carbonyl (C=O) groups is 3. The first kappa shape index (κ1) is 47.8. The summed E-state index contributed by atoms with van der Waals surface area (Å²) < 4.78 is 16.5. The Morgan fingerprint density at radius 2 is 0.824 bits per heavy atom. The Morgan fingerprint density at radius 3 is 1.41 bits per heavy atom. The molecule has 0 amide bonds. The van der Waals surface area contributed by atoms with Crippen molar-refractivity contribution in [1.82, 2.24) is 0 Å². The van der Waals surface area contributed by atoms with Crippen molar-refractivity contribution in [2.45, 2.75) is 181 Å². The molecule has 1 unspecified atom stereocenters. The van der Waals surface area contributed by atoms with Crippen LogP contribution < -0.4 is 0 Å². The van der Waals surface area contributed by atoms with Crippen LogP contribution in [0.4, 0.5) is 0 Å². The van der Waals surface area contributed by atoms with Gasteiger partial charge in [0.2, 0.25) is 0 Å². The van der Waals surface area contributed by atoms with E-state index in [0.29, 0.717) is 19.3 Å². The average Bonchev–Trinajstić information content (AvgIpc) is 3.12. The zero-order valence-electron chi connectivity index (χ0n) is 32.8. The van der Waals surface area contributed by atoms with Crippen LogP contribution in [0.3, 0.4) is 0 Å². The lowest BCUT2D eigenvalue weighted by Crippen LogP contribution is -2.30. The molecule has 51 heavy (non-hydrogen) atoms. The number of rotatable bonds is 35. The van der Waals surface area contributed by atoms with E-state index in [1.807, 2.05) is 6.08 Å². The van der Waals surface area contributed by atoms with Crippen molar-refractivity contribution in [2.24, 2.45) is 0 Å². The van der Waals surface area contributed by atoms with Crippen molar-refractivity contribution in [3.63, 3.8) is 0 Å². The van der Waals surface area contributed by atoms with Crippen LogP contribution in [0.1, 0.15) is 175 Å². The predicted molar refractivity (Wildman–Crippen MR) is 214 cm³/mol. The third-order valence-corrected chi connectivity index (χ3v) is 8.25. The van der Waals surface area contributed by atoms with Gasteiger partial charge in [0.25, 0.3) is 0 Å². The van der Waals surface area contributed by atoms with E-state index in [1.165, 1.54) is 38.5 Å². The van der Waals surface area contributed by atoms with E-state index >= 15 is 0 Å². The normalized spacial score (nSPS) is 12.8. The largest absolute Gasteiger partial charge is 0.462 e. The standard InChI is InChI=1S/C45H74O6/c1-4-7-10-13-16-19-21-22-24-26-29-32-35-38-44(47)50-41-42(40-49-43(46)37-34-31-28-25-18-15-12-9-6-3)51-45(48)39-36-33-30-27-23-20-17-14-11-8-5-2/h7,10,13-14,16-17,19-21,23,25,28,42H,4-6,8-9,11-12,15,18,22,24,26-27,29-41H2,1-3H3/b10-7-,16-13-,17-14-,21-19-,23-20-,28-25-. The summed E-state index contributed by atoms with van der Waals surface area (Å²) in [5.74, 6) is -1.00. The van der Waals surface area contributed by atoms with E-state index in [1.54, 1.807) is 0 Å². The van der Waals surface area contributed by atoms with Gasteiger partial charge in [-0.3, -0.25) is 14.4 Å². The third-order valence-electron chi connectivity index (χ3n) is 8.25. The molecule has 0 rings (SSSR count). The first-order valence-corrected chi connectivity index (χ1v) is 20.5. The monoisotopic (exact) mass is 711 g/mol. The van der Waals surface area contributed by atoms with Gasteiger partial charge in [0.05, 0.1) is 0 Å². The van der Waals surface area contributed by atoms with Gasteiger partial charge in [-0.05, 0) is 77.0 Å². The summed E-state index contributed by atoms with van der Waals surface area (Å²) in [6.45, 7) is 6.31.